The van der Waals surface area contributed by atoms with E-state index in [0.29, 0.717) is 5.69 Å². The van der Waals surface area contributed by atoms with Gasteiger partial charge < -0.3 is 14.8 Å². The van der Waals surface area contributed by atoms with Gasteiger partial charge in [0.25, 0.3) is 0 Å². The highest BCUT2D eigenvalue weighted by atomic mass is 32.2. The Labute approximate surface area is 193 Å². The molecule has 0 spiro atoms. The molecular formula is C23H28N2O7S. The van der Waals surface area contributed by atoms with Gasteiger partial charge >= 0.3 is 11.9 Å². The lowest BCUT2D eigenvalue weighted by atomic mass is 10.1. The molecule has 0 radical (unpaired) electrons. The Morgan fingerprint density at radius 3 is 1.91 bits per heavy atom. The fraction of sp³-hybridized carbons (Fsp3) is 0.348. The second-order valence-electron chi connectivity index (χ2n) is 7.52. The second kappa shape index (κ2) is 10.5. The molecule has 0 heterocycles. The van der Waals surface area contributed by atoms with E-state index < -0.39 is 33.9 Å². The van der Waals surface area contributed by atoms with Gasteiger partial charge in [-0.3, -0.25) is 9.10 Å². The number of esters is 2. The maximum Gasteiger partial charge on any atom is 0.337 e. The van der Waals surface area contributed by atoms with Crippen molar-refractivity contribution in [3.05, 3.63) is 58.7 Å². The number of benzene rings is 2. The standard InChI is InChI=1S/C23H28N2O7S/c1-7-20(25(33(6,29)30)19-9-8-14(2)15(3)10-19)21(26)24-18-12-16(22(27)31-4)11-17(13-18)23(28)32-5/h8-13,20H,7H2,1-6H3,(H,24,26). The van der Waals surface area contributed by atoms with Crippen LogP contribution in [-0.4, -0.2) is 52.8 Å². The minimum absolute atomic E-state index is 0.0258. The molecule has 0 saturated heterocycles. The molecule has 10 heteroatoms. The molecular weight excluding hydrogens is 448 g/mol. The summed E-state index contributed by atoms with van der Waals surface area (Å²) in [7, 11) is -1.45. The van der Waals surface area contributed by atoms with Crippen LogP contribution in [0.4, 0.5) is 11.4 Å². The van der Waals surface area contributed by atoms with Crippen molar-refractivity contribution < 1.29 is 32.3 Å². The number of ether oxygens (including phenoxy) is 2. The lowest BCUT2D eigenvalue weighted by molar-refractivity contribution is -0.117. The predicted octanol–water partition coefficient (Wildman–Crippen LogP) is 3.06. The molecule has 9 nitrogen and oxygen atoms in total. The van der Waals surface area contributed by atoms with Crippen molar-refractivity contribution in [3.8, 4) is 0 Å². The van der Waals surface area contributed by atoms with Crippen LogP contribution in [0.15, 0.2) is 36.4 Å². The number of rotatable bonds is 8. The van der Waals surface area contributed by atoms with Crippen LogP contribution < -0.4 is 9.62 Å². The average molecular weight is 477 g/mol. The topological polar surface area (TPSA) is 119 Å². The van der Waals surface area contributed by atoms with Crippen LogP contribution in [0.25, 0.3) is 0 Å². The quantitative estimate of drug-likeness (QED) is 0.582. The van der Waals surface area contributed by atoms with Crippen molar-refractivity contribution in [2.45, 2.75) is 33.2 Å². The Balaban J connectivity index is 2.49. The van der Waals surface area contributed by atoms with Crippen molar-refractivity contribution in [2.75, 3.05) is 30.1 Å². The molecule has 178 valence electrons. The zero-order chi connectivity index (χ0) is 24.9. The molecule has 33 heavy (non-hydrogen) atoms. The van der Waals surface area contributed by atoms with Gasteiger partial charge in [0.05, 0.1) is 37.3 Å². The Bertz CT molecular complexity index is 1140. The number of hydrogen-bond donors (Lipinski definition) is 1. The predicted molar refractivity (Wildman–Crippen MR) is 125 cm³/mol. The Kier molecular flexibility index (Phi) is 8.21. The molecule has 0 aromatic heterocycles. The van der Waals surface area contributed by atoms with Crippen LogP contribution in [0.5, 0.6) is 0 Å². The number of carbonyl (C=O) groups excluding carboxylic acids is 3. The van der Waals surface area contributed by atoms with E-state index in [4.69, 9.17) is 9.47 Å². The van der Waals surface area contributed by atoms with Gasteiger partial charge in [-0.25, -0.2) is 18.0 Å². The van der Waals surface area contributed by atoms with Crippen LogP contribution in [0.1, 0.15) is 45.2 Å². The molecule has 0 saturated carbocycles. The molecule has 0 aliphatic heterocycles. The largest absolute Gasteiger partial charge is 0.465 e. The Hall–Kier alpha value is -3.40. The highest BCUT2D eigenvalue weighted by Gasteiger charge is 2.32. The SMILES string of the molecule is CCC(C(=O)Nc1cc(C(=O)OC)cc(C(=O)OC)c1)N(c1ccc(C)c(C)c1)S(C)(=O)=O. The number of sulfonamides is 1. The minimum atomic E-state index is -3.82. The van der Waals surface area contributed by atoms with E-state index in [1.807, 2.05) is 13.8 Å². The molecule has 2 aromatic rings. The number of hydrogen-bond acceptors (Lipinski definition) is 7. The first-order chi connectivity index (χ1) is 15.4. The van der Waals surface area contributed by atoms with Crippen molar-refractivity contribution >= 4 is 39.2 Å². The van der Waals surface area contributed by atoms with Crippen LogP contribution >= 0.6 is 0 Å². The summed E-state index contributed by atoms with van der Waals surface area (Å²) in [6, 6.07) is 8.02. The molecule has 1 N–H and O–H groups in total. The Morgan fingerprint density at radius 1 is 0.939 bits per heavy atom. The number of methoxy groups -OCH3 is 2. The molecule has 2 rings (SSSR count). The molecule has 2 aromatic carbocycles. The van der Waals surface area contributed by atoms with E-state index in [0.717, 1.165) is 21.7 Å². The third kappa shape index (κ3) is 6.10. The smallest absolute Gasteiger partial charge is 0.337 e. The third-order valence-corrected chi connectivity index (χ3v) is 6.30. The van der Waals surface area contributed by atoms with Gasteiger partial charge in [0.2, 0.25) is 15.9 Å². The number of anilines is 2. The highest BCUT2D eigenvalue weighted by molar-refractivity contribution is 7.92. The maximum atomic E-state index is 13.2. The summed E-state index contributed by atoms with van der Waals surface area (Å²) in [5.74, 6) is -2.05. The Morgan fingerprint density at radius 2 is 1.48 bits per heavy atom. The van der Waals surface area contributed by atoms with E-state index in [2.05, 4.69) is 5.32 Å². The van der Waals surface area contributed by atoms with E-state index in [1.54, 1.807) is 25.1 Å². The fourth-order valence-electron chi connectivity index (χ4n) is 3.32. The van der Waals surface area contributed by atoms with Crippen LogP contribution in [0.2, 0.25) is 0 Å². The summed E-state index contributed by atoms with van der Waals surface area (Å²) < 4.78 is 35.8. The number of amides is 1. The molecule has 0 aliphatic carbocycles. The molecule has 1 atom stereocenters. The van der Waals surface area contributed by atoms with Gasteiger partial charge in [-0.2, -0.15) is 0 Å². The lowest BCUT2D eigenvalue weighted by Gasteiger charge is -2.30. The third-order valence-electron chi connectivity index (χ3n) is 5.12. The van der Waals surface area contributed by atoms with Gasteiger partial charge in [-0.15, -0.1) is 0 Å². The van der Waals surface area contributed by atoms with E-state index >= 15 is 0 Å². The summed E-state index contributed by atoms with van der Waals surface area (Å²) in [6.07, 6.45) is 1.21. The van der Waals surface area contributed by atoms with Gasteiger partial charge in [-0.1, -0.05) is 13.0 Å². The summed E-state index contributed by atoms with van der Waals surface area (Å²) in [5.41, 5.74) is 2.40. The minimum Gasteiger partial charge on any atom is -0.465 e. The molecule has 1 unspecified atom stereocenters. The van der Waals surface area contributed by atoms with Crippen molar-refractivity contribution in [1.82, 2.24) is 0 Å². The second-order valence-corrected chi connectivity index (χ2v) is 9.38. The van der Waals surface area contributed by atoms with Crippen molar-refractivity contribution in [2.24, 2.45) is 0 Å². The van der Waals surface area contributed by atoms with Gasteiger partial charge in [0.1, 0.15) is 6.04 Å². The summed E-state index contributed by atoms with van der Waals surface area (Å²) in [6.45, 7) is 5.45. The first-order valence-corrected chi connectivity index (χ1v) is 12.0. The number of carbonyl (C=O) groups is 3. The summed E-state index contributed by atoms with van der Waals surface area (Å²) in [4.78, 5) is 37.2. The fourth-order valence-corrected chi connectivity index (χ4v) is 4.52. The maximum absolute atomic E-state index is 13.2. The van der Waals surface area contributed by atoms with Gasteiger partial charge in [-0.05, 0) is 61.7 Å². The van der Waals surface area contributed by atoms with Gasteiger partial charge in [0.15, 0.2) is 0 Å². The molecule has 0 bridgehead atoms. The number of aryl methyl sites for hydroxylation is 2. The zero-order valence-corrected chi connectivity index (χ0v) is 20.3. The van der Waals surface area contributed by atoms with E-state index in [-0.39, 0.29) is 23.2 Å². The van der Waals surface area contributed by atoms with Crippen LogP contribution in [-0.2, 0) is 24.3 Å². The normalized spacial score (nSPS) is 11.9. The highest BCUT2D eigenvalue weighted by Crippen LogP contribution is 2.26. The van der Waals surface area contributed by atoms with Gasteiger partial charge in [0, 0.05) is 5.69 Å². The van der Waals surface area contributed by atoms with Crippen molar-refractivity contribution in [3.63, 3.8) is 0 Å². The monoisotopic (exact) mass is 476 g/mol. The lowest BCUT2D eigenvalue weighted by Crippen LogP contribution is -2.47. The average Bonchev–Trinajstić information content (AvgIpc) is 2.76. The number of nitrogens with one attached hydrogen (secondary N) is 1. The zero-order valence-electron chi connectivity index (χ0n) is 19.5. The molecule has 1 amide bonds. The number of nitrogens with zero attached hydrogens (tertiary/aromatic N) is 1. The van der Waals surface area contributed by atoms with Crippen LogP contribution in [0.3, 0.4) is 0 Å². The summed E-state index contributed by atoms with van der Waals surface area (Å²) >= 11 is 0. The van der Waals surface area contributed by atoms with E-state index in [1.165, 1.54) is 32.4 Å². The first-order valence-electron chi connectivity index (χ1n) is 10.1. The molecule has 0 fully saturated rings. The molecule has 0 aliphatic rings. The first kappa shape index (κ1) is 25.9. The van der Waals surface area contributed by atoms with Crippen molar-refractivity contribution in [1.29, 1.82) is 0 Å². The van der Waals surface area contributed by atoms with Crippen LogP contribution in [0, 0.1) is 13.8 Å². The van der Waals surface area contributed by atoms with E-state index in [9.17, 15) is 22.8 Å². The summed E-state index contributed by atoms with van der Waals surface area (Å²) in [5, 5.41) is 2.62.